The summed E-state index contributed by atoms with van der Waals surface area (Å²) in [5, 5.41) is 5.02. The van der Waals surface area contributed by atoms with Crippen LogP contribution >= 0.6 is 11.3 Å². The highest BCUT2D eigenvalue weighted by molar-refractivity contribution is 7.14. The molecule has 0 saturated carbocycles. The summed E-state index contributed by atoms with van der Waals surface area (Å²) in [5.74, 6) is -0.591. The standard InChI is InChI=1S/C22H20N2O3S/c1-2-27-20(25)14-18-15-28-22(23-18)24-21(26)19(17-11-7-4-8-12-17)13-16-9-5-3-6-10-16/h3-13,15H,2,14H2,1H3,(H,23,24,26)/b19-13-. The van der Waals surface area contributed by atoms with Crippen LogP contribution in [0, 0.1) is 0 Å². The Labute approximate surface area is 167 Å². The molecule has 3 aromatic rings. The zero-order chi connectivity index (χ0) is 19.8. The molecule has 2 aromatic carbocycles. The van der Waals surface area contributed by atoms with Crippen LogP contribution in [0.2, 0.25) is 0 Å². The molecule has 0 atom stereocenters. The van der Waals surface area contributed by atoms with Gasteiger partial charge in [-0.3, -0.25) is 14.9 Å². The second-order valence-electron chi connectivity index (χ2n) is 5.91. The van der Waals surface area contributed by atoms with Gasteiger partial charge in [0.15, 0.2) is 5.13 Å². The number of rotatable bonds is 7. The summed E-state index contributed by atoms with van der Waals surface area (Å²) < 4.78 is 4.93. The average Bonchev–Trinajstić information content (AvgIpc) is 3.14. The maximum atomic E-state index is 12.9. The van der Waals surface area contributed by atoms with Gasteiger partial charge in [0.25, 0.3) is 5.91 Å². The smallest absolute Gasteiger partial charge is 0.311 e. The number of hydrogen-bond acceptors (Lipinski definition) is 5. The topological polar surface area (TPSA) is 68.3 Å². The number of amides is 1. The van der Waals surface area contributed by atoms with Crippen molar-refractivity contribution in [2.45, 2.75) is 13.3 Å². The number of anilines is 1. The van der Waals surface area contributed by atoms with E-state index in [0.29, 0.717) is 23.0 Å². The molecule has 0 fully saturated rings. The monoisotopic (exact) mass is 392 g/mol. The van der Waals surface area contributed by atoms with Gasteiger partial charge in [-0.1, -0.05) is 60.7 Å². The molecule has 0 aliphatic carbocycles. The highest BCUT2D eigenvalue weighted by Gasteiger charge is 2.15. The molecule has 5 nitrogen and oxygen atoms in total. The molecule has 142 valence electrons. The third-order valence-corrected chi connectivity index (χ3v) is 4.65. The fraction of sp³-hybridized carbons (Fsp3) is 0.136. The highest BCUT2D eigenvalue weighted by Crippen LogP contribution is 2.22. The van der Waals surface area contributed by atoms with Gasteiger partial charge in [0.05, 0.1) is 18.7 Å². The van der Waals surface area contributed by atoms with Crippen LogP contribution in [0.4, 0.5) is 5.13 Å². The van der Waals surface area contributed by atoms with E-state index in [4.69, 9.17) is 4.74 Å². The van der Waals surface area contributed by atoms with Gasteiger partial charge in [-0.05, 0) is 24.1 Å². The van der Waals surface area contributed by atoms with E-state index in [9.17, 15) is 9.59 Å². The molecule has 3 rings (SSSR count). The molecule has 0 spiro atoms. The second kappa shape index (κ2) is 9.62. The third-order valence-electron chi connectivity index (χ3n) is 3.84. The minimum atomic E-state index is -0.334. The highest BCUT2D eigenvalue weighted by atomic mass is 32.1. The van der Waals surface area contributed by atoms with Crippen LogP contribution < -0.4 is 5.32 Å². The molecule has 0 aliphatic rings. The first-order valence-electron chi connectivity index (χ1n) is 8.89. The average molecular weight is 392 g/mol. The summed E-state index contributed by atoms with van der Waals surface area (Å²) in [6.07, 6.45) is 1.93. The Kier molecular flexibility index (Phi) is 6.70. The molecule has 0 unspecified atom stereocenters. The Hall–Kier alpha value is -3.25. The Balaban J connectivity index is 1.80. The molecule has 0 radical (unpaired) electrons. The number of benzene rings is 2. The molecule has 1 heterocycles. The van der Waals surface area contributed by atoms with Gasteiger partial charge in [-0.2, -0.15) is 0 Å². The van der Waals surface area contributed by atoms with E-state index in [2.05, 4.69) is 10.3 Å². The lowest BCUT2D eigenvalue weighted by Crippen LogP contribution is -2.14. The van der Waals surface area contributed by atoms with E-state index < -0.39 is 0 Å². The first-order valence-corrected chi connectivity index (χ1v) is 9.77. The van der Waals surface area contributed by atoms with Crippen molar-refractivity contribution in [2.24, 2.45) is 0 Å². The summed E-state index contributed by atoms with van der Waals surface area (Å²) in [7, 11) is 0. The van der Waals surface area contributed by atoms with Crippen LogP contribution in [-0.4, -0.2) is 23.5 Å². The van der Waals surface area contributed by atoms with E-state index in [1.807, 2.05) is 66.7 Å². The molecule has 28 heavy (non-hydrogen) atoms. The van der Waals surface area contributed by atoms with E-state index >= 15 is 0 Å². The Morgan fingerprint density at radius 1 is 1.07 bits per heavy atom. The van der Waals surface area contributed by atoms with Gasteiger partial charge in [0, 0.05) is 11.0 Å². The van der Waals surface area contributed by atoms with Crippen molar-refractivity contribution < 1.29 is 14.3 Å². The van der Waals surface area contributed by atoms with Crippen LogP contribution in [0.25, 0.3) is 11.6 Å². The lowest BCUT2D eigenvalue weighted by molar-refractivity contribution is -0.142. The van der Waals surface area contributed by atoms with Gasteiger partial charge in [0.1, 0.15) is 0 Å². The predicted molar refractivity (Wildman–Crippen MR) is 112 cm³/mol. The van der Waals surface area contributed by atoms with Crippen LogP contribution in [-0.2, 0) is 20.7 Å². The maximum absolute atomic E-state index is 12.9. The van der Waals surface area contributed by atoms with Crippen molar-refractivity contribution in [3.63, 3.8) is 0 Å². The number of aromatic nitrogens is 1. The van der Waals surface area contributed by atoms with E-state index in [1.54, 1.807) is 12.3 Å². The molecule has 1 aromatic heterocycles. The normalized spacial score (nSPS) is 11.1. The van der Waals surface area contributed by atoms with Crippen LogP contribution in [0.3, 0.4) is 0 Å². The van der Waals surface area contributed by atoms with Crippen molar-refractivity contribution in [1.82, 2.24) is 4.98 Å². The summed E-state index contributed by atoms with van der Waals surface area (Å²) in [6.45, 7) is 2.09. The summed E-state index contributed by atoms with van der Waals surface area (Å²) in [6, 6.07) is 19.1. The zero-order valence-electron chi connectivity index (χ0n) is 15.4. The number of thiazole rings is 1. The molecule has 1 N–H and O–H groups in total. The van der Waals surface area contributed by atoms with Crippen molar-refractivity contribution in [3.8, 4) is 0 Å². The molecule has 6 heteroatoms. The molecule has 0 aliphatic heterocycles. The Morgan fingerprint density at radius 2 is 1.75 bits per heavy atom. The number of hydrogen-bond donors (Lipinski definition) is 1. The Morgan fingerprint density at radius 3 is 2.43 bits per heavy atom. The van der Waals surface area contributed by atoms with Crippen molar-refractivity contribution in [3.05, 3.63) is 82.9 Å². The maximum Gasteiger partial charge on any atom is 0.311 e. The first-order chi connectivity index (χ1) is 13.7. The van der Waals surface area contributed by atoms with Gasteiger partial charge in [-0.25, -0.2) is 4.98 Å². The predicted octanol–water partition coefficient (Wildman–Crippen LogP) is 4.43. The fourth-order valence-electron chi connectivity index (χ4n) is 2.58. The second-order valence-corrected chi connectivity index (χ2v) is 6.77. The third kappa shape index (κ3) is 5.37. The van der Waals surface area contributed by atoms with Crippen molar-refractivity contribution >= 4 is 40.0 Å². The molecule has 0 saturated heterocycles. The minimum absolute atomic E-state index is 0.0889. The SMILES string of the molecule is CCOC(=O)Cc1csc(NC(=O)/C(=C\c2ccccc2)c2ccccc2)n1. The van der Waals surface area contributed by atoms with E-state index in [-0.39, 0.29) is 18.3 Å². The largest absolute Gasteiger partial charge is 0.466 e. The lowest BCUT2D eigenvalue weighted by atomic mass is 10.0. The number of ether oxygens (including phenoxy) is 1. The minimum Gasteiger partial charge on any atom is -0.466 e. The number of carbonyl (C=O) groups is 2. The van der Waals surface area contributed by atoms with Crippen LogP contribution in [0.1, 0.15) is 23.7 Å². The first kappa shape index (κ1) is 19.5. The van der Waals surface area contributed by atoms with Gasteiger partial charge in [-0.15, -0.1) is 11.3 Å². The van der Waals surface area contributed by atoms with Gasteiger partial charge < -0.3 is 4.74 Å². The van der Waals surface area contributed by atoms with E-state index in [0.717, 1.165) is 11.1 Å². The van der Waals surface area contributed by atoms with Gasteiger partial charge in [0.2, 0.25) is 0 Å². The Bertz CT molecular complexity index is 966. The molecular weight excluding hydrogens is 372 g/mol. The number of carbonyl (C=O) groups excluding carboxylic acids is 2. The number of nitrogens with zero attached hydrogens (tertiary/aromatic N) is 1. The molecule has 0 bridgehead atoms. The summed E-state index contributed by atoms with van der Waals surface area (Å²) >= 11 is 1.28. The quantitative estimate of drug-likeness (QED) is 0.367. The number of esters is 1. The van der Waals surface area contributed by atoms with Crippen LogP contribution in [0.15, 0.2) is 66.0 Å². The van der Waals surface area contributed by atoms with E-state index in [1.165, 1.54) is 11.3 Å². The van der Waals surface area contributed by atoms with Crippen molar-refractivity contribution in [2.75, 3.05) is 11.9 Å². The molecular formula is C22H20N2O3S. The van der Waals surface area contributed by atoms with Crippen molar-refractivity contribution in [1.29, 1.82) is 0 Å². The summed E-state index contributed by atoms with van der Waals surface area (Å²) in [4.78, 5) is 28.8. The number of nitrogens with one attached hydrogen (secondary N) is 1. The zero-order valence-corrected chi connectivity index (χ0v) is 16.2. The van der Waals surface area contributed by atoms with Gasteiger partial charge >= 0.3 is 5.97 Å². The summed E-state index contributed by atoms with van der Waals surface area (Å²) in [5.41, 5.74) is 2.85. The van der Waals surface area contributed by atoms with Crippen LogP contribution in [0.5, 0.6) is 0 Å². The fourth-order valence-corrected chi connectivity index (χ4v) is 3.29. The molecule has 1 amide bonds. The lowest BCUT2D eigenvalue weighted by Gasteiger charge is -2.08.